The molecule has 0 aromatic carbocycles. The topological polar surface area (TPSA) is 85.2 Å². The number of carbonyl (C=O) groups is 1. The highest BCUT2D eigenvalue weighted by molar-refractivity contribution is 5.93. The Balaban J connectivity index is 2.61. The van der Waals surface area contributed by atoms with E-state index in [-0.39, 0.29) is 17.1 Å². The largest absolute Gasteiger partial charge is 0.481 e. The van der Waals surface area contributed by atoms with Crippen LogP contribution < -0.4 is 4.74 Å². The lowest BCUT2D eigenvalue weighted by Crippen LogP contribution is -2.04. The van der Waals surface area contributed by atoms with Crippen LogP contribution in [0.1, 0.15) is 10.4 Å². The molecule has 2 heterocycles. The molecule has 86 valence electrons. The minimum atomic E-state index is -1.08. The molecule has 0 bridgehead atoms. The molecule has 0 atom stereocenters. The Morgan fingerprint density at radius 3 is 2.59 bits per heavy atom. The first-order chi connectivity index (χ1) is 8.22. The van der Waals surface area contributed by atoms with E-state index < -0.39 is 5.97 Å². The molecule has 0 amide bonds. The van der Waals surface area contributed by atoms with Gasteiger partial charge in [-0.05, 0) is 12.1 Å². The first kappa shape index (κ1) is 11.0. The van der Waals surface area contributed by atoms with Crippen LogP contribution in [0.25, 0.3) is 11.5 Å². The number of pyridine rings is 1. The van der Waals surface area contributed by atoms with Gasteiger partial charge in [-0.15, -0.1) is 0 Å². The lowest BCUT2D eigenvalue weighted by molar-refractivity contribution is 0.0697. The molecule has 6 nitrogen and oxygen atoms in total. The third-order valence-corrected chi connectivity index (χ3v) is 2.09. The van der Waals surface area contributed by atoms with E-state index in [1.165, 1.54) is 31.6 Å². The number of carboxylic acids is 1. The zero-order valence-electron chi connectivity index (χ0n) is 8.99. The number of carboxylic acid groups (broad SMARTS) is 1. The predicted octanol–water partition coefficient (Wildman–Crippen LogP) is 1.25. The Morgan fingerprint density at radius 2 is 2.00 bits per heavy atom. The summed E-state index contributed by atoms with van der Waals surface area (Å²) in [6.07, 6.45) is 3.05. The molecule has 2 aromatic heterocycles. The number of rotatable bonds is 3. The summed E-state index contributed by atoms with van der Waals surface area (Å²) >= 11 is 0. The second-order valence-corrected chi connectivity index (χ2v) is 3.13. The molecule has 6 heteroatoms. The third kappa shape index (κ3) is 2.20. The monoisotopic (exact) mass is 231 g/mol. The maximum absolute atomic E-state index is 11.1. The van der Waals surface area contributed by atoms with Crippen LogP contribution in [0, 0.1) is 0 Å². The van der Waals surface area contributed by atoms with Crippen molar-refractivity contribution in [1.29, 1.82) is 0 Å². The van der Waals surface area contributed by atoms with Crippen molar-refractivity contribution >= 4 is 5.97 Å². The van der Waals surface area contributed by atoms with Gasteiger partial charge in [0.1, 0.15) is 5.69 Å². The van der Waals surface area contributed by atoms with Gasteiger partial charge in [0, 0.05) is 18.5 Å². The van der Waals surface area contributed by atoms with Crippen molar-refractivity contribution in [3.8, 4) is 17.4 Å². The number of nitrogens with zero attached hydrogens (tertiary/aromatic N) is 3. The molecule has 0 aliphatic carbocycles. The van der Waals surface area contributed by atoms with Gasteiger partial charge in [-0.25, -0.2) is 19.7 Å². The van der Waals surface area contributed by atoms with Crippen molar-refractivity contribution in [1.82, 2.24) is 15.0 Å². The van der Waals surface area contributed by atoms with Crippen LogP contribution in [-0.2, 0) is 0 Å². The molecular weight excluding hydrogens is 222 g/mol. The Hall–Kier alpha value is -2.50. The zero-order chi connectivity index (χ0) is 12.3. The second kappa shape index (κ2) is 4.56. The van der Waals surface area contributed by atoms with Gasteiger partial charge in [-0.1, -0.05) is 0 Å². The highest BCUT2D eigenvalue weighted by Gasteiger charge is 2.16. The molecule has 0 saturated carbocycles. The Bertz CT molecular complexity index is 543. The van der Waals surface area contributed by atoms with Gasteiger partial charge in [-0.2, -0.15) is 0 Å². The molecule has 0 fully saturated rings. The van der Waals surface area contributed by atoms with Gasteiger partial charge in [-0.3, -0.25) is 0 Å². The van der Waals surface area contributed by atoms with E-state index in [0.717, 1.165) is 0 Å². The van der Waals surface area contributed by atoms with Crippen LogP contribution in [0.4, 0.5) is 0 Å². The van der Waals surface area contributed by atoms with Gasteiger partial charge in [0.25, 0.3) is 0 Å². The van der Waals surface area contributed by atoms with Crippen molar-refractivity contribution in [3.05, 3.63) is 36.2 Å². The molecule has 0 saturated heterocycles. The van der Waals surface area contributed by atoms with Crippen molar-refractivity contribution in [2.24, 2.45) is 0 Å². The summed E-state index contributed by atoms with van der Waals surface area (Å²) in [5.74, 6) is -0.510. The minimum Gasteiger partial charge on any atom is -0.481 e. The fraction of sp³-hybridized carbons (Fsp3) is 0.0909. The van der Waals surface area contributed by atoms with Crippen molar-refractivity contribution in [2.45, 2.75) is 0 Å². The molecule has 0 aliphatic rings. The minimum absolute atomic E-state index is 0.0389. The van der Waals surface area contributed by atoms with Gasteiger partial charge in [0.05, 0.1) is 12.7 Å². The fourth-order valence-corrected chi connectivity index (χ4v) is 1.32. The van der Waals surface area contributed by atoms with Gasteiger partial charge < -0.3 is 9.84 Å². The Labute approximate surface area is 96.9 Å². The van der Waals surface area contributed by atoms with Crippen LogP contribution >= 0.6 is 0 Å². The van der Waals surface area contributed by atoms with Crippen molar-refractivity contribution in [3.63, 3.8) is 0 Å². The van der Waals surface area contributed by atoms with E-state index in [1.807, 2.05) is 0 Å². The molecule has 2 rings (SSSR count). The lowest BCUT2D eigenvalue weighted by atomic mass is 10.2. The van der Waals surface area contributed by atoms with Crippen LogP contribution in [-0.4, -0.2) is 33.1 Å². The van der Waals surface area contributed by atoms with Gasteiger partial charge in [0.2, 0.25) is 5.88 Å². The zero-order valence-corrected chi connectivity index (χ0v) is 8.99. The first-order valence-electron chi connectivity index (χ1n) is 4.78. The highest BCUT2D eigenvalue weighted by Crippen LogP contribution is 2.20. The summed E-state index contributed by atoms with van der Waals surface area (Å²) in [6, 6.07) is 4.54. The van der Waals surface area contributed by atoms with Crippen LogP contribution in [0.2, 0.25) is 0 Å². The SMILES string of the molecule is COc1ccc(C(=O)O)c(-c2ncccn2)n1. The highest BCUT2D eigenvalue weighted by atomic mass is 16.5. The molecule has 0 aliphatic heterocycles. The van der Waals surface area contributed by atoms with E-state index in [4.69, 9.17) is 9.84 Å². The normalized spacial score (nSPS) is 9.94. The van der Waals surface area contributed by atoms with E-state index in [2.05, 4.69) is 15.0 Å². The summed E-state index contributed by atoms with van der Waals surface area (Å²) in [6.45, 7) is 0. The summed E-state index contributed by atoms with van der Waals surface area (Å²) in [7, 11) is 1.46. The average molecular weight is 231 g/mol. The number of hydrogen-bond donors (Lipinski definition) is 1. The Kier molecular flexibility index (Phi) is 2.95. The molecule has 1 N–H and O–H groups in total. The quantitative estimate of drug-likeness (QED) is 0.855. The number of ether oxygens (including phenoxy) is 1. The first-order valence-corrected chi connectivity index (χ1v) is 4.78. The molecule has 0 spiro atoms. The summed E-state index contributed by atoms with van der Waals surface area (Å²) in [4.78, 5) is 23.1. The van der Waals surface area contributed by atoms with Crippen molar-refractivity contribution < 1.29 is 14.6 Å². The molecule has 0 radical (unpaired) electrons. The van der Waals surface area contributed by atoms with Crippen LogP contribution in [0.5, 0.6) is 5.88 Å². The number of methoxy groups -OCH3 is 1. The lowest BCUT2D eigenvalue weighted by Gasteiger charge is -2.05. The second-order valence-electron chi connectivity index (χ2n) is 3.13. The molecule has 0 unspecified atom stereocenters. The van der Waals surface area contributed by atoms with E-state index >= 15 is 0 Å². The smallest absolute Gasteiger partial charge is 0.338 e. The number of hydrogen-bond acceptors (Lipinski definition) is 5. The summed E-state index contributed by atoms with van der Waals surface area (Å²) < 4.78 is 4.95. The van der Waals surface area contributed by atoms with Gasteiger partial charge in [0.15, 0.2) is 5.82 Å². The number of aromatic nitrogens is 3. The predicted molar refractivity (Wildman–Crippen MR) is 58.8 cm³/mol. The van der Waals surface area contributed by atoms with Crippen LogP contribution in [0.3, 0.4) is 0 Å². The summed E-state index contributed by atoms with van der Waals surface area (Å²) in [5.41, 5.74) is 0.231. The molecular formula is C11H9N3O3. The maximum Gasteiger partial charge on any atom is 0.338 e. The number of aromatic carboxylic acids is 1. The van der Waals surface area contributed by atoms with Crippen molar-refractivity contribution in [2.75, 3.05) is 7.11 Å². The molecule has 17 heavy (non-hydrogen) atoms. The maximum atomic E-state index is 11.1. The van der Waals surface area contributed by atoms with E-state index in [1.54, 1.807) is 6.07 Å². The van der Waals surface area contributed by atoms with E-state index in [0.29, 0.717) is 5.88 Å². The Morgan fingerprint density at radius 1 is 1.29 bits per heavy atom. The van der Waals surface area contributed by atoms with Gasteiger partial charge >= 0.3 is 5.97 Å². The fourth-order valence-electron chi connectivity index (χ4n) is 1.32. The third-order valence-electron chi connectivity index (χ3n) is 2.09. The average Bonchev–Trinajstić information content (AvgIpc) is 2.39. The van der Waals surface area contributed by atoms with E-state index in [9.17, 15) is 4.79 Å². The molecule has 2 aromatic rings. The van der Waals surface area contributed by atoms with Crippen LogP contribution in [0.15, 0.2) is 30.6 Å². The standard InChI is InChI=1S/C11H9N3O3/c1-17-8-4-3-7(11(15)16)9(14-8)10-12-5-2-6-13-10/h2-6H,1H3,(H,15,16). The summed E-state index contributed by atoms with van der Waals surface area (Å²) in [5, 5.41) is 9.05.